The molecule has 8 heteroatoms. The van der Waals surface area contributed by atoms with Crippen molar-refractivity contribution in [1.82, 2.24) is 0 Å². The minimum Gasteiger partial charge on any atom is -0.277 e. The maximum atomic E-state index is 12.3. The van der Waals surface area contributed by atoms with Crippen molar-refractivity contribution in [2.75, 3.05) is 4.72 Å². The Morgan fingerprint density at radius 3 is 2.16 bits per heavy atom. The lowest BCUT2D eigenvalue weighted by Crippen LogP contribution is -2.13. The first kappa shape index (κ1) is 15.5. The lowest BCUT2D eigenvalue weighted by Gasteiger charge is -2.11. The number of hydrogen-bond donors (Lipinski definition) is 1. The van der Waals surface area contributed by atoms with E-state index < -0.39 is 10.0 Å². The van der Waals surface area contributed by atoms with E-state index >= 15 is 0 Å². The molecular weight excluding hydrogens is 482 g/mol. The lowest BCUT2D eigenvalue weighted by molar-refractivity contribution is 0.602. The monoisotopic (exact) mass is 487 g/mol. The zero-order chi connectivity index (χ0) is 14.2. The van der Waals surface area contributed by atoms with Crippen LogP contribution in [0.3, 0.4) is 0 Å². The lowest BCUT2D eigenvalue weighted by atomic mass is 10.2. The van der Waals surface area contributed by atoms with Crippen molar-refractivity contribution in [3.63, 3.8) is 0 Å². The zero-order valence-corrected chi connectivity index (χ0v) is 16.0. The van der Waals surface area contributed by atoms with Crippen LogP contribution in [0.4, 0.5) is 5.69 Å². The third kappa shape index (κ3) is 3.41. The molecule has 0 atom stereocenters. The van der Waals surface area contributed by atoms with Gasteiger partial charge in [0.2, 0.25) is 0 Å². The molecular formula is C11H8Br3NO2S2. The van der Waals surface area contributed by atoms with Crippen LogP contribution in [0.15, 0.2) is 41.2 Å². The van der Waals surface area contributed by atoms with E-state index in [1.807, 2.05) is 19.1 Å². The van der Waals surface area contributed by atoms with E-state index in [4.69, 9.17) is 0 Å². The van der Waals surface area contributed by atoms with Crippen molar-refractivity contribution in [3.05, 3.63) is 42.6 Å². The molecule has 102 valence electrons. The molecule has 0 bridgehead atoms. The summed E-state index contributed by atoms with van der Waals surface area (Å²) in [7, 11) is -3.60. The topological polar surface area (TPSA) is 46.2 Å². The van der Waals surface area contributed by atoms with Crippen LogP contribution in [0.2, 0.25) is 0 Å². The third-order valence-electron chi connectivity index (χ3n) is 2.25. The largest absolute Gasteiger partial charge is 0.277 e. The van der Waals surface area contributed by atoms with Crippen molar-refractivity contribution in [3.8, 4) is 0 Å². The summed E-state index contributed by atoms with van der Waals surface area (Å²) < 4.78 is 29.4. The molecule has 0 amide bonds. The van der Waals surface area contributed by atoms with E-state index in [0.717, 1.165) is 16.9 Å². The first-order chi connectivity index (χ1) is 8.81. The predicted octanol–water partition coefficient (Wildman–Crippen LogP) is 5.14. The van der Waals surface area contributed by atoms with Gasteiger partial charge in [-0.2, -0.15) is 0 Å². The van der Waals surface area contributed by atoms with Gasteiger partial charge in [-0.05, 0) is 83.9 Å². The molecule has 2 rings (SSSR count). The molecule has 0 aliphatic rings. The summed E-state index contributed by atoms with van der Waals surface area (Å²) >= 11 is 11.1. The Hall–Kier alpha value is 0.110. The Morgan fingerprint density at radius 1 is 1.11 bits per heavy atom. The smallest absolute Gasteiger partial charge is 0.272 e. The second kappa shape index (κ2) is 5.85. The number of benzene rings is 1. The van der Waals surface area contributed by atoms with Gasteiger partial charge in [-0.3, -0.25) is 4.72 Å². The van der Waals surface area contributed by atoms with Crippen LogP contribution in [0.1, 0.15) is 5.56 Å². The van der Waals surface area contributed by atoms with E-state index in [1.165, 1.54) is 0 Å². The van der Waals surface area contributed by atoms with Gasteiger partial charge in [0.05, 0.1) is 5.69 Å². The molecule has 0 saturated carbocycles. The van der Waals surface area contributed by atoms with Crippen LogP contribution in [-0.2, 0) is 10.0 Å². The Balaban J connectivity index is 2.45. The van der Waals surface area contributed by atoms with E-state index in [9.17, 15) is 8.42 Å². The Kier molecular flexibility index (Phi) is 4.77. The van der Waals surface area contributed by atoms with Crippen molar-refractivity contribution in [1.29, 1.82) is 0 Å². The molecule has 1 aromatic heterocycles. The van der Waals surface area contributed by atoms with Crippen molar-refractivity contribution in [2.24, 2.45) is 0 Å². The third-order valence-corrected chi connectivity index (χ3v) is 7.52. The number of aryl methyl sites for hydroxylation is 1. The summed E-state index contributed by atoms with van der Waals surface area (Å²) in [5, 5.41) is 1.72. The Bertz CT molecular complexity index is 702. The van der Waals surface area contributed by atoms with E-state index in [-0.39, 0.29) is 4.21 Å². The summed E-state index contributed by atoms with van der Waals surface area (Å²) in [4.78, 5) is 0. The second-order valence-electron chi connectivity index (χ2n) is 3.77. The van der Waals surface area contributed by atoms with Crippen LogP contribution in [-0.4, -0.2) is 8.42 Å². The minimum absolute atomic E-state index is 0.256. The van der Waals surface area contributed by atoms with Crippen molar-refractivity contribution in [2.45, 2.75) is 11.1 Å². The summed E-state index contributed by atoms with van der Waals surface area (Å²) in [5.41, 5.74) is 1.52. The molecule has 0 unspecified atom stereocenters. The number of nitrogens with one attached hydrogen (secondary N) is 1. The maximum Gasteiger partial charge on any atom is 0.272 e. The van der Waals surface area contributed by atoms with Gasteiger partial charge in [0.1, 0.15) is 0 Å². The van der Waals surface area contributed by atoms with Crippen LogP contribution in [0.25, 0.3) is 0 Å². The first-order valence-electron chi connectivity index (χ1n) is 5.03. The molecule has 1 aromatic carbocycles. The fourth-order valence-electron chi connectivity index (χ4n) is 1.45. The highest BCUT2D eigenvalue weighted by molar-refractivity contribution is 9.11. The molecule has 0 spiro atoms. The summed E-state index contributed by atoms with van der Waals surface area (Å²) in [6.07, 6.45) is 0. The number of hydrogen-bond acceptors (Lipinski definition) is 3. The van der Waals surface area contributed by atoms with Gasteiger partial charge in [-0.15, -0.1) is 11.3 Å². The molecule has 2 aromatic rings. The molecule has 0 saturated heterocycles. The average molecular weight is 490 g/mol. The van der Waals surface area contributed by atoms with Gasteiger partial charge in [0.15, 0.2) is 4.21 Å². The fraction of sp³-hybridized carbons (Fsp3) is 0.0909. The van der Waals surface area contributed by atoms with Crippen molar-refractivity contribution >= 4 is 74.8 Å². The summed E-state index contributed by atoms with van der Waals surface area (Å²) in [6, 6.07) is 5.41. The van der Waals surface area contributed by atoms with E-state index in [1.54, 1.807) is 11.4 Å². The molecule has 1 N–H and O–H groups in total. The summed E-state index contributed by atoms with van der Waals surface area (Å²) in [6.45, 7) is 1.93. The van der Waals surface area contributed by atoms with Gasteiger partial charge in [0, 0.05) is 13.4 Å². The normalized spacial score (nSPS) is 11.6. The number of anilines is 1. The first-order valence-corrected chi connectivity index (χ1v) is 9.77. The van der Waals surface area contributed by atoms with Crippen LogP contribution < -0.4 is 4.72 Å². The number of halogens is 3. The fourth-order valence-corrected chi connectivity index (χ4v) is 6.77. The molecule has 0 radical (unpaired) electrons. The van der Waals surface area contributed by atoms with E-state index in [0.29, 0.717) is 19.1 Å². The highest BCUT2D eigenvalue weighted by atomic mass is 79.9. The SMILES string of the molecule is Cc1cc(Br)c(NS(=O)(=O)c2sccc2Br)c(Br)c1. The predicted molar refractivity (Wildman–Crippen MR) is 89.4 cm³/mol. The van der Waals surface area contributed by atoms with Gasteiger partial charge >= 0.3 is 0 Å². The van der Waals surface area contributed by atoms with Gasteiger partial charge < -0.3 is 0 Å². The van der Waals surface area contributed by atoms with Gasteiger partial charge in [0.25, 0.3) is 10.0 Å². The van der Waals surface area contributed by atoms with Crippen LogP contribution in [0.5, 0.6) is 0 Å². The maximum absolute atomic E-state index is 12.3. The molecule has 1 heterocycles. The van der Waals surface area contributed by atoms with Crippen LogP contribution >= 0.6 is 59.1 Å². The Morgan fingerprint density at radius 2 is 1.68 bits per heavy atom. The summed E-state index contributed by atoms with van der Waals surface area (Å²) in [5.74, 6) is 0. The average Bonchev–Trinajstić information content (AvgIpc) is 2.70. The van der Waals surface area contributed by atoms with Crippen molar-refractivity contribution < 1.29 is 8.42 Å². The molecule has 0 fully saturated rings. The standard InChI is InChI=1S/C11H8Br3NO2S2/c1-6-4-8(13)10(9(14)5-6)15-19(16,17)11-7(12)2-3-18-11/h2-5,15H,1H3. The molecule has 19 heavy (non-hydrogen) atoms. The van der Waals surface area contributed by atoms with Gasteiger partial charge in [-0.1, -0.05) is 0 Å². The zero-order valence-electron chi connectivity index (χ0n) is 9.58. The quantitative estimate of drug-likeness (QED) is 0.648. The minimum atomic E-state index is -3.60. The molecule has 0 aliphatic heterocycles. The number of thiophene rings is 1. The number of sulfonamides is 1. The second-order valence-corrected chi connectivity index (χ2v) is 9.12. The molecule has 3 nitrogen and oxygen atoms in total. The van der Waals surface area contributed by atoms with E-state index in [2.05, 4.69) is 52.5 Å². The molecule has 0 aliphatic carbocycles. The highest BCUT2D eigenvalue weighted by Gasteiger charge is 2.21. The number of rotatable bonds is 3. The van der Waals surface area contributed by atoms with Gasteiger partial charge in [-0.25, -0.2) is 8.42 Å². The van der Waals surface area contributed by atoms with Crippen LogP contribution in [0, 0.1) is 6.92 Å². The Labute approximate surface area is 140 Å². The highest BCUT2D eigenvalue weighted by Crippen LogP contribution is 2.36.